The van der Waals surface area contributed by atoms with Crippen LogP contribution < -0.4 is 10.1 Å². The van der Waals surface area contributed by atoms with Gasteiger partial charge in [-0.05, 0) is 67.9 Å². The van der Waals surface area contributed by atoms with Gasteiger partial charge in [0.15, 0.2) is 11.0 Å². The predicted octanol–water partition coefficient (Wildman–Crippen LogP) is 6.68. The molecule has 0 saturated heterocycles. The zero-order valence-electron chi connectivity index (χ0n) is 18.6. The van der Waals surface area contributed by atoms with Gasteiger partial charge in [-0.2, -0.15) is 0 Å². The van der Waals surface area contributed by atoms with E-state index in [-0.39, 0.29) is 11.7 Å². The first-order valence-corrected chi connectivity index (χ1v) is 12.3. The average molecular weight is 513 g/mol. The van der Waals surface area contributed by atoms with Gasteiger partial charge in [0.05, 0.1) is 17.4 Å². The molecule has 4 aromatic rings. The average Bonchev–Trinajstić information content (AvgIpc) is 3.25. The molecule has 0 radical (unpaired) electrons. The molecule has 0 spiro atoms. The Bertz CT molecular complexity index is 1310. The fourth-order valence-electron chi connectivity index (χ4n) is 3.32. The van der Waals surface area contributed by atoms with Gasteiger partial charge in [0.1, 0.15) is 5.75 Å². The molecule has 0 bridgehead atoms. The number of anilines is 1. The van der Waals surface area contributed by atoms with Crippen LogP contribution in [0.1, 0.15) is 12.5 Å². The Morgan fingerprint density at radius 1 is 1.06 bits per heavy atom. The standard InChI is InChI=1S/C25H22Cl2N4O2S/c1-3-33-19-12-10-18(11-13-19)31-24(20-6-4-5-7-21(20)27)29-30-25(31)34-15-23(32)28-22-14-17(26)9-8-16(22)2/h4-14H,3,15H2,1-2H3,(H,28,32). The van der Waals surface area contributed by atoms with Crippen LogP contribution in [0.25, 0.3) is 17.1 Å². The van der Waals surface area contributed by atoms with Gasteiger partial charge in [-0.1, -0.05) is 53.2 Å². The number of carbonyl (C=O) groups is 1. The SMILES string of the molecule is CCOc1ccc(-n2c(SCC(=O)Nc3cc(Cl)ccc3C)nnc2-c2ccccc2Cl)cc1. The summed E-state index contributed by atoms with van der Waals surface area (Å²) in [6, 6.07) is 20.5. The molecule has 0 atom stereocenters. The van der Waals surface area contributed by atoms with Gasteiger partial charge >= 0.3 is 0 Å². The van der Waals surface area contributed by atoms with Gasteiger partial charge in [-0.15, -0.1) is 10.2 Å². The number of aromatic nitrogens is 3. The van der Waals surface area contributed by atoms with Crippen molar-refractivity contribution in [2.75, 3.05) is 17.7 Å². The molecule has 1 aromatic heterocycles. The monoisotopic (exact) mass is 512 g/mol. The molecule has 3 aromatic carbocycles. The van der Waals surface area contributed by atoms with Crippen molar-refractivity contribution < 1.29 is 9.53 Å². The van der Waals surface area contributed by atoms with Crippen LogP contribution in [0.4, 0.5) is 5.69 Å². The van der Waals surface area contributed by atoms with Gasteiger partial charge < -0.3 is 10.1 Å². The van der Waals surface area contributed by atoms with Crippen molar-refractivity contribution in [1.82, 2.24) is 14.8 Å². The highest BCUT2D eigenvalue weighted by Gasteiger charge is 2.19. The van der Waals surface area contributed by atoms with Crippen molar-refractivity contribution in [3.05, 3.63) is 82.3 Å². The maximum Gasteiger partial charge on any atom is 0.234 e. The summed E-state index contributed by atoms with van der Waals surface area (Å²) in [6.07, 6.45) is 0. The molecular formula is C25H22Cl2N4O2S. The second-order valence-corrected chi connectivity index (χ2v) is 9.13. The molecule has 0 aliphatic carbocycles. The Kier molecular flexibility index (Phi) is 7.77. The van der Waals surface area contributed by atoms with E-state index in [1.54, 1.807) is 12.1 Å². The molecule has 0 unspecified atom stereocenters. The fraction of sp³-hybridized carbons (Fsp3) is 0.160. The molecule has 9 heteroatoms. The summed E-state index contributed by atoms with van der Waals surface area (Å²) >= 11 is 13.8. The molecule has 0 fully saturated rings. The molecule has 6 nitrogen and oxygen atoms in total. The summed E-state index contributed by atoms with van der Waals surface area (Å²) in [6.45, 7) is 4.44. The van der Waals surface area contributed by atoms with E-state index >= 15 is 0 Å². The van der Waals surface area contributed by atoms with E-state index in [1.807, 2.05) is 73.0 Å². The molecule has 1 amide bonds. The van der Waals surface area contributed by atoms with Crippen LogP contribution in [0.3, 0.4) is 0 Å². The van der Waals surface area contributed by atoms with Crippen LogP contribution in [0, 0.1) is 6.92 Å². The minimum absolute atomic E-state index is 0.142. The van der Waals surface area contributed by atoms with Crippen molar-refractivity contribution in [2.24, 2.45) is 0 Å². The number of amides is 1. The van der Waals surface area contributed by atoms with Crippen LogP contribution in [0.5, 0.6) is 5.75 Å². The first kappa shape index (κ1) is 24.1. The zero-order valence-corrected chi connectivity index (χ0v) is 20.9. The second-order valence-electron chi connectivity index (χ2n) is 7.34. The number of benzene rings is 3. The summed E-state index contributed by atoms with van der Waals surface area (Å²) in [5.41, 5.74) is 3.19. The third kappa shape index (κ3) is 5.55. The Balaban J connectivity index is 1.62. The Morgan fingerprint density at radius 3 is 2.56 bits per heavy atom. The normalized spacial score (nSPS) is 10.8. The molecular weight excluding hydrogens is 491 g/mol. The molecule has 0 aliphatic heterocycles. The van der Waals surface area contributed by atoms with Crippen molar-refractivity contribution in [1.29, 1.82) is 0 Å². The number of nitrogens with zero attached hydrogens (tertiary/aromatic N) is 3. The molecule has 1 N–H and O–H groups in total. The van der Waals surface area contributed by atoms with Crippen molar-refractivity contribution in [3.63, 3.8) is 0 Å². The highest BCUT2D eigenvalue weighted by molar-refractivity contribution is 7.99. The van der Waals surface area contributed by atoms with E-state index in [4.69, 9.17) is 27.9 Å². The molecule has 0 aliphatic rings. The molecule has 174 valence electrons. The lowest BCUT2D eigenvalue weighted by Crippen LogP contribution is -2.15. The number of thioether (sulfide) groups is 1. The topological polar surface area (TPSA) is 69.0 Å². The second kappa shape index (κ2) is 11.0. The Morgan fingerprint density at radius 2 is 1.82 bits per heavy atom. The molecule has 34 heavy (non-hydrogen) atoms. The van der Waals surface area contributed by atoms with E-state index in [0.717, 1.165) is 22.6 Å². The molecule has 1 heterocycles. The van der Waals surface area contributed by atoms with Gasteiger partial charge in [0.25, 0.3) is 0 Å². The minimum Gasteiger partial charge on any atom is -0.494 e. The number of ether oxygens (including phenoxy) is 1. The smallest absolute Gasteiger partial charge is 0.234 e. The summed E-state index contributed by atoms with van der Waals surface area (Å²) in [5.74, 6) is 1.33. The third-order valence-corrected chi connectivity index (χ3v) is 6.45. The first-order valence-electron chi connectivity index (χ1n) is 10.6. The van der Waals surface area contributed by atoms with Crippen LogP contribution >= 0.6 is 35.0 Å². The molecule has 0 saturated carbocycles. The zero-order chi connectivity index (χ0) is 24.1. The quantitative estimate of drug-likeness (QED) is 0.266. The maximum absolute atomic E-state index is 12.7. The summed E-state index contributed by atoms with van der Waals surface area (Å²) < 4.78 is 7.46. The van der Waals surface area contributed by atoms with E-state index in [2.05, 4.69) is 15.5 Å². The summed E-state index contributed by atoms with van der Waals surface area (Å²) in [7, 11) is 0. The van der Waals surface area contributed by atoms with E-state index in [0.29, 0.717) is 33.3 Å². The largest absolute Gasteiger partial charge is 0.494 e. The third-order valence-electron chi connectivity index (χ3n) is 4.96. The number of hydrogen-bond acceptors (Lipinski definition) is 5. The lowest BCUT2D eigenvalue weighted by Gasteiger charge is -2.12. The van der Waals surface area contributed by atoms with E-state index in [9.17, 15) is 4.79 Å². The number of aryl methyl sites for hydroxylation is 1. The number of nitrogens with one attached hydrogen (secondary N) is 1. The minimum atomic E-state index is -0.170. The Labute approximate surface area is 212 Å². The lowest BCUT2D eigenvalue weighted by atomic mass is 10.2. The fourth-order valence-corrected chi connectivity index (χ4v) is 4.46. The van der Waals surface area contributed by atoms with Crippen molar-refractivity contribution in [2.45, 2.75) is 19.0 Å². The van der Waals surface area contributed by atoms with Crippen LogP contribution in [0.15, 0.2) is 71.9 Å². The number of hydrogen-bond donors (Lipinski definition) is 1. The highest BCUT2D eigenvalue weighted by atomic mass is 35.5. The first-order chi connectivity index (χ1) is 16.5. The van der Waals surface area contributed by atoms with Crippen LogP contribution in [-0.4, -0.2) is 33.0 Å². The van der Waals surface area contributed by atoms with Gasteiger partial charge in [0.2, 0.25) is 5.91 Å². The van der Waals surface area contributed by atoms with Crippen molar-refractivity contribution >= 4 is 46.6 Å². The van der Waals surface area contributed by atoms with E-state index < -0.39 is 0 Å². The van der Waals surface area contributed by atoms with Crippen LogP contribution in [0.2, 0.25) is 10.0 Å². The number of rotatable bonds is 8. The number of carbonyl (C=O) groups excluding carboxylic acids is 1. The van der Waals surface area contributed by atoms with Crippen molar-refractivity contribution in [3.8, 4) is 22.8 Å². The van der Waals surface area contributed by atoms with Gasteiger partial charge in [-0.25, -0.2) is 0 Å². The lowest BCUT2D eigenvalue weighted by molar-refractivity contribution is -0.113. The Hall–Kier alpha value is -3.00. The molecule has 4 rings (SSSR count). The highest BCUT2D eigenvalue weighted by Crippen LogP contribution is 2.32. The van der Waals surface area contributed by atoms with Gasteiger partial charge in [0, 0.05) is 22.0 Å². The van der Waals surface area contributed by atoms with E-state index in [1.165, 1.54) is 11.8 Å². The summed E-state index contributed by atoms with van der Waals surface area (Å²) in [5, 5.41) is 13.4. The van der Waals surface area contributed by atoms with Gasteiger partial charge in [-0.3, -0.25) is 9.36 Å². The maximum atomic E-state index is 12.7. The van der Waals surface area contributed by atoms with Crippen LogP contribution in [-0.2, 0) is 4.79 Å². The number of halogens is 2. The summed E-state index contributed by atoms with van der Waals surface area (Å²) in [4.78, 5) is 12.7. The predicted molar refractivity (Wildman–Crippen MR) is 139 cm³/mol.